The second-order valence-electron chi connectivity index (χ2n) is 2.87. The van der Waals surface area contributed by atoms with Gasteiger partial charge in [0.05, 0.1) is 0 Å². The van der Waals surface area contributed by atoms with Gasteiger partial charge in [-0.25, -0.2) is 0 Å². The largest absolute Gasteiger partial charge is 0.509 e. The van der Waals surface area contributed by atoms with Gasteiger partial charge >= 0.3 is 0 Å². The molecule has 1 aromatic carbocycles. The van der Waals surface area contributed by atoms with Crippen LogP contribution in [0.15, 0.2) is 18.2 Å². The van der Waals surface area contributed by atoms with Crippen molar-refractivity contribution < 1.29 is 5.11 Å². The van der Waals surface area contributed by atoms with Crippen LogP contribution in [0.5, 0.6) is 5.75 Å². The van der Waals surface area contributed by atoms with Crippen LogP contribution in [0.4, 0.5) is 0 Å². The summed E-state index contributed by atoms with van der Waals surface area (Å²) in [6.45, 7) is 2.14. The van der Waals surface area contributed by atoms with Crippen LogP contribution < -0.4 is 5.46 Å². The molecule has 2 heteroatoms. The third kappa shape index (κ3) is 2.00. The lowest BCUT2D eigenvalue weighted by atomic mass is 9.93. The monoisotopic (exact) mass is 148 g/mol. The topological polar surface area (TPSA) is 20.2 Å². The van der Waals surface area contributed by atoms with Crippen LogP contribution in [-0.2, 0) is 6.42 Å². The molecule has 0 saturated carbocycles. The highest BCUT2D eigenvalue weighted by atomic mass is 16.3. The molecule has 1 aromatic rings. The fourth-order valence-electron chi connectivity index (χ4n) is 1.10. The third-order valence-corrected chi connectivity index (χ3v) is 1.81. The zero-order valence-corrected chi connectivity index (χ0v) is 7.09. The van der Waals surface area contributed by atoms with E-state index >= 15 is 0 Å². The van der Waals surface area contributed by atoms with Gasteiger partial charge in [-0.3, -0.25) is 0 Å². The third-order valence-electron chi connectivity index (χ3n) is 1.81. The number of aryl methyl sites for hydroxylation is 1. The molecule has 0 radical (unpaired) electrons. The minimum atomic E-state index is 0.413. The van der Waals surface area contributed by atoms with Crippen LogP contribution in [0.1, 0.15) is 18.9 Å². The van der Waals surface area contributed by atoms with E-state index in [1.54, 1.807) is 0 Å². The van der Waals surface area contributed by atoms with Crippen molar-refractivity contribution in [2.75, 3.05) is 0 Å². The molecule has 58 valence electrons. The molecule has 0 bridgehead atoms. The molecule has 11 heavy (non-hydrogen) atoms. The van der Waals surface area contributed by atoms with Gasteiger partial charge in [0.25, 0.3) is 0 Å². The number of hydrogen-bond acceptors (Lipinski definition) is 1. The highest BCUT2D eigenvalue weighted by molar-refractivity contribution is 6.34. The normalized spacial score (nSPS) is 9.91. The van der Waals surface area contributed by atoms with E-state index in [0.717, 1.165) is 18.3 Å². The maximum absolute atomic E-state index is 9.33. The van der Waals surface area contributed by atoms with Gasteiger partial charge in [0.15, 0.2) is 0 Å². The Hall–Kier alpha value is -0.915. The molecule has 0 spiro atoms. The summed E-state index contributed by atoms with van der Waals surface area (Å²) in [5.41, 5.74) is 2.17. The van der Waals surface area contributed by atoms with Gasteiger partial charge in [0.2, 0.25) is 0 Å². The van der Waals surface area contributed by atoms with Crippen molar-refractivity contribution in [1.29, 1.82) is 0 Å². The Kier molecular flexibility index (Phi) is 2.58. The summed E-state index contributed by atoms with van der Waals surface area (Å²) in [6, 6.07) is 5.87. The van der Waals surface area contributed by atoms with Crippen molar-refractivity contribution in [1.82, 2.24) is 0 Å². The molecule has 0 heterocycles. The molecule has 0 fully saturated rings. The minimum Gasteiger partial charge on any atom is -0.509 e. The summed E-state index contributed by atoms with van der Waals surface area (Å²) < 4.78 is 0. The lowest BCUT2D eigenvalue weighted by molar-refractivity contribution is 0.479. The zero-order chi connectivity index (χ0) is 8.27. The first-order valence-electron chi connectivity index (χ1n) is 4.02. The zero-order valence-electron chi connectivity index (χ0n) is 7.09. The molecule has 0 aliphatic carbocycles. The van der Waals surface area contributed by atoms with E-state index in [1.807, 2.05) is 20.0 Å². The molecule has 0 unspecified atom stereocenters. The highest BCUT2D eigenvalue weighted by Gasteiger charge is 1.96. The fraction of sp³-hybridized carbons (Fsp3) is 0.333. The number of benzene rings is 1. The second-order valence-corrected chi connectivity index (χ2v) is 2.87. The smallest absolute Gasteiger partial charge is 0.144 e. The fourth-order valence-corrected chi connectivity index (χ4v) is 1.10. The van der Waals surface area contributed by atoms with E-state index in [1.165, 1.54) is 5.56 Å². The first-order chi connectivity index (χ1) is 5.24. The average Bonchev–Trinajstić information content (AvgIpc) is 1.98. The maximum atomic E-state index is 9.33. The minimum absolute atomic E-state index is 0.413. The van der Waals surface area contributed by atoms with Gasteiger partial charge in [-0.05, 0) is 23.5 Å². The predicted octanol–water partition coefficient (Wildman–Crippen LogP) is 0.603. The molecule has 0 aliphatic rings. The van der Waals surface area contributed by atoms with Crippen molar-refractivity contribution in [3.05, 3.63) is 23.8 Å². The molecule has 0 aromatic heterocycles. The lowest BCUT2D eigenvalue weighted by Gasteiger charge is -2.01. The summed E-state index contributed by atoms with van der Waals surface area (Å²) in [5.74, 6) is 0.413. The Labute approximate surface area is 68.5 Å². The molecule has 0 atom stereocenters. The van der Waals surface area contributed by atoms with E-state index in [2.05, 4.69) is 13.0 Å². The van der Waals surface area contributed by atoms with Crippen molar-refractivity contribution in [2.45, 2.75) is 19.8 Å². The van der Waals surface area contributed by atoms with Gasteiger partial charge in [-0.15, -0.1) is 0 Å². The van der Waals surface area contributed by atoms with Crippen LogP contribution in [0, 0.1) is 0 Å². The SMILES string of the molecule is Bc1ccc(CCC)cc1O. The van der Waals surface area contributed by atoms with Crippen molar-refractivity contribution in [2.24, 2.45) is 0 Å². The Morgan fingerprint density at radius 3 is 2.73 bits per heavy atom. The number of phenolic OH excluding ortho intramolecular Hbond substituents is 1. The molecule has 0 amide bonds. The summed E-state index contributed by atoms with van der Waals surface area (Å²) >= 11 is 0. The van der Waals surface area contributed by atoms with Crippen molar-refractivity contribution in [3.63, 3.8) is 0 Å². The van der Waals surface area contributed by atoms with Gasteiger partial charge in [0.1, 0.15) is 13.6 Å². The summed E-state index contributed by atoms with van der Waals surface area (Å²) in [4.78, 5) is 0. The molecular weight excluding hydrogens is 135 g/mol. The van der Waals surface area contributed by atoms with E-state index < -0.39 is 0 Å². The van der Waals surface area contributed by atoms with E-state index in [-0.39, 0.29) is 0 Å². The van der Waals surface area contributed by atoms with Crippen LogP contribution in [0.25, 0.3) is 0 Å². The van der Waals surface area contributed by atoms with Gasteiger partial charge in [-0.2, -0.15) is 0 Å². The Balaban J connectivity index is 2.86. The number of phenols is 1. The van der Waals surface area contributed by atoms with Crippen LogP contribution >= 0.6 is 0 Å². The van der Waals surface area contributed by atoms with E-state index in [0.29, 0.717) is 5.75 Å². The number of hydrogen-bond donors (Lipinski definition) is 1. The second kappa shape index (κ2) is 3.47. The van der Waals surface area contributed by atoms with Gasteiger partial charge < -0.3 is 5.11 Å². The first-order valence-corrected chi connectivity index (χ1v) is 4.02. The summed E-state index contributed by atoms with van der Waals surface area (Å²) in [7, 11) is 1.91. The summed E-state index contributed by atoms with van der Waals surface area (Å²) in [6.07, 6.45) is 2.18. The number of aromatic hydroxyl groups is 1. The number of rotatable bonds is 2. The van der Waals surface area contributed by atoms with Gasteiger partial charge in [0, 0.05) is 0 Å². The van der Waals surface area contributed by atoms with Crippen LogP contribution in [0.2, 0.25) is 0 Å². The molecule has 0 aliphatic heterocycles. The van der Waals surface area contributed by atoms with Crippen LogP contribution in [-0.4, -0.2) is 13.0 Å². The van der Waals surface area contributed by atoms with Crippen LogP contribution in [0.3, 0.4) is 0 Å². The molecular formula is C9H13BO. The lowest BCUT2D eigenvalue weighted by Crippen LogP contribution is -2.02. The first kappa shape index (κ1) is 8.18. The van der Waals surface area contributed by atoms with E-state index in [4.69, 9.17) is 0 Å². The molecule has 1 rings (SSSR count). The quantitative estimate of drug-likeness (QED) is 0.609. The predicted molar refractivity (Wildman–Crippen MR) is 50.3 cm³/mol. The van der Waals surface area contributed by atoms with Crippen molar-refractivity contribution >= 4 is 13.3 Å². The van der Waals surface area contributed by atoms with E-state index in [9.17, 15) is 5.11 Å². The van der Waals surface area contributed by atoms with Gasteiger partial charge in [-0.1, -0.05) is 25.5 Å². The Morgan fingerprint density at radius 2 is 2.18 bits per heavy atom. The molecule has 1 nitrogen and oxygen atoms in total. The summed E-state index contributed by atoms with van der Waals surface area (Å²) in [5, 5.41) is 9.33. The highest BCUT2D eigenvalue weighted by Crippen LogP contribution is 2.09. The molecule has 1 N–H and O–H groups in total. The standard InChI is InChI=1S/C9H13BO/c1-2-3-7-4-5-8(10)9(11)6-7/h4-6,11H,2-3,10H2,1H3. The Morgan fingerprint density at radius 1 is 1.45 bits per heavy atom. The maximum Gasteiger partial charge on any atom is 0.144 e. The Bertz CT molecular complexity index is 245. The average molecular weight is 148 g/mol. The van der Waals surface area contributed by atoms with Crippen molar-refractivity contribution in [3.8, 4) is 5.75 Å². The molecule has 0 saturated heterocycles.